The van der Waals surface area contributed by atoms with E-state index in [2.05, 4.69) is 5.10 Å². The largest absolute Gasteiger partial charge is 0.384 e. The molecule has 1 aromatic heterocycles. The number of nitrogens with zero attached hydrogens (tertiary/aromatic N) is 2. The molecule has 1 aromatic rings. The van der Waals surface area contributed by atoms with Crippen LogP contribution >= 0.6 is 0 Å². The van der Waals surface area contributed by atoms with E-state index in [-0.39, 0.29) is 0 Å². The summed E-state index contributed by atoms with van der Waals surface area (Å²) in [7, 11) is 0. The van der Waals surface area contributed by atoms with Crippen molar-refractivity contribution in [2.75, 3.05) is 18.9 Å². The first kappa shape index (κ1) is 9.21. The van der Waals surface area contributed by atoms with Crippen LogP contribution in [0.1, 0.15) is 36.6 Å². The van der Waals surface area contributed by atoms with Gasteiger partial charge in [-0.2, -0.15) is 5.10 Å². The highest BCUT2D eigenvalue weighted by Gasteiger charge is 2.25. The number of anilines is 1. The Morgan fingerprint density at radius 1 is 1.33 bits per heavy atom. The van der Waals surface area contributed by atoms with Crippen LogP contribution in [0.5, 0.6) is 0 Å². The normalized spacial score (nSPS) is 25.5. The predicted molar refractivity (Wildman–Crippen MR) is 57.8 cm³/mol. The number of hydrogen-bond donors (Lipinski definition) is 1. The average Bonchev–Trinajstić information content (AvgIpc) is 2.87. The van der Waals surface area contributed by atoms with Gasteiger partial charge in [-0.1, -0.05) is 0 Å². The zero-order valence-electron chi connectivity index (χ0n) is 8.91. The fourth-order valence-corrected chi connectivity index (χ4v) is 2.59. The van der Waals surface area contributed by atoms with Gasteiger partial charge in [0.15, 0.2) is 0 Å². The molecule has 0 saturated carbocycles. The summed E-state index contributed by atoms with van der Waals surface area (Å²) < 4.78 is 7.39. The molecule has 1 aliphatic heterocycles. The summed E-state index contributed by atoms with van der Waals surface area (Å²) in [6, 6.07) is 0.371. The van der Waals surface area contributed by atoms with Gasteiger partial charge >= 0.3 is 0 Å². The van der Waals surface area contributed by atoms with E-state index < -0.39 is 0 Å². The lowest BCUT2D eigenvalue weighted by atomic mass is 9.98. The first-order chi connectivity index (χ1) is 7.36. The molecule has 2 heterocycles. The average molecular weight is 207 g/mol. The van der Waals surface area contributed by atoms with Crippen molar-refractivity contribution in [3.05, 3.63) is 11.3 Å². The summed E-state index contributed by atoms with van der Waals surface area (Å²) in [5.41, 5.74) is 8.68. The lowest BCUT2D eigenvalue weighted by Gasteiger charge is -2.10. The molecule has 1 fully saturated rings. The number of aryl methyl sites for hydroxylation is 1. The Kier molecular flexibility index (Phi) is 2.16. The van der Waals surface area contributed by atoms with Crippen molar-refractivity contribution >= 4 is 5.82 Å². The predicted octanol–water partition coefficient (Wildman–Crippen LogP) is 1.31. The Morgan fingerprint density at radius 3 is 2.93 bits per heavy atom. The van der Waals surface area contributed by atoms with Crippen molar-refractivity contribution < 1.29 is 4.74 Å². The zero-order chi connectivity index (χ0) is 10.3. The van der Waals surface area contributed by atoms with Crippen LogP contribution in [0.15, 0.2) is 0 Å². The molecule has 1 saturated heterocycles. The van der Waals surface area contributed by atoms with Crippen molar-refractivity contribution in [2.45, 2.75) is 38.1 Å². The maximum Gasteiger partial charge on any atom is 0.125 e. The topological polar surface area (TPSA) is 53.1 Å². The zero-order valence-corrected chi connectivity index (χ0v) is 8.91. The third-order valence-corrected chi connectivity index (χ3v) is 3.47. The number of ether oxygens (including phenoxy) is 1. The summed E-state index contributed by atoms with van der Waals surface area (Å²) in [6.45, 7) is 1.61. The highest BCUT2D eigenvalue weighted by Crippen LogP contribution is 2.30. The van der Waals surface area contributed by atoms with Gasteiger partial charge in [0, 0.05) is 12.2 Å². The van der Waals surface area contributed by atoms with Crippen molar-refractivity contribution in [2.24, 2.45) is 0 Å². The van der Waals surface area contributed by atoms with Gasteiger partial charge in [-0.15, -0.1) is 0 Å². The summed E-state index contributed by atoms with van der Waals surface area (Å²) in [6.07, 6.45) is 5.76. The molecule has 15 heavy (non-hydrogen) atoms. The summed E-state index contributed by atoms with van der Waals surface area (Å²) in [5, 5.41) is 4.64. The van der Waals surface area contributed by atoms with Crippen LogP contribution < -0.4 is 5.73 Å². The molecule has 4 nitrogen and oxygen atoms in total. The van der Waals surface area contributed by atoms with Crippen LogP contribution in [0.4, 0.5) is 5.82 Å². The van der Waals surface area contributed by atoms with Crippen molar-refractivity contribution in [3.63, 3.8) is 0 Å². The molecular formula is C11H17N3O. The van der Waals surface area contributed by atoms with E-state index in [0.717, 1.165) is 38.3 Å². The van der Waals surface area contributed by atoms with Crippen LogP contribution in [0.25, 0.3) is 0 Å². The highest BCUT2D eigenvalue weighted by molar-refractivity contribution is 5.45. The van der Waals surface area contributed by atoms with Gasteiger partial charge in [-0.05, 0) is 32.1 Å². The minimum Gasteiger partial charge on any atom is -0.384 e. The molecule has 0 aromatic carbocycles. The van der Waals surface area contributed by atoms with Gasteiger partial charge in [0.05, 0.1) is 18.3 Å². The Bertz CT molecular complexity index is 366. The molecular weight excluding hydrogens is 190 g/mol. The second kappa shape index (κ2) is 3.52. The van der Waals surface area contributed by atoms with Gasteiger partial charge in [0.1, 0.15) is 5.82 Å². The van der Waals surface area contributed by atoms with Gasteiger partial charge in [0.2, 0.25) is 0 Å². The van der Waals surface area contributed by atoms with Crippen molar-refractivity contribution in [1.29, 1.82) is 0 Å². The molecule has 2 aliphatic rings. The van der Waals surface area contributed by atoms with Gasteiger partial charge in [-0.3, -0.25) is 0 Å². The Balaban J connectivity index is 1.97. The molecule has 1 aliphatic carbocycles. The highest BCUT2D eigenvalue weighted by atomic mass is 16.5. The number of hydrogen-bond acceptors (Lipinski definition) is 3. The monoisotopic (exact) mass is 207 g/mol. The van der Waals surface area contributed by atoms with Crippen LogP contribution in [-0.4, -0.2) is 23.0 Å². The van der Waals surface area contributed by atoms with Crippen LogP contribution in [0.2, 0.25) is 0 Å². The number of fused-ring (bicyclic) bond motifs is 1. The molecule has 2 N–H and O–H groups in total. The second-order valence-electron chi connectivity index (χ2n) is 4.48. The Hall–Kier alpha value is -1.03. The number of rotatable bonds is 1. The molecule has 0 amide bonds. The summed E-state index contributed by atoms with van der Waals surface area (Å²) in [5.74, 6) is 0.889. The molecule has 0 bridgehead atoms. The first-order valence-electron chi connectivity index (χ1n) is 5.80. The minimum atomic E-state index is 0.371. The standard InChI is InChI=1S/C11H17N3O/c12-11-9-3-1-2-4-10(9)13-14(11)8-5-6-15-7-8/h8H,1-7,12H2. The van der Waals surface area contributed by atoms with Gasteiger partial charge in [-0.25, -0.2) is 4.68 Å². The van der Waals surface area contributed by atoms with E-state index in [1.807, 2.05) is 4.68 Å². The fourth-order valence-electron chi connectivity index (χ4n) is 2.59. The molecule has 82 valence electrons. The Morgan fingerprint density at radius 2 is 2.20 bits per heavy atom. The summed E-state index contributed by atoms with van der Waals surface area (Å²) >= 11 is 0. The smallest absolute Gasteiger partial charge is 0.125 e. The van der Waals surface area contributed by atoms with Crippen molar-refractivity contribution in [1.82, 2.24) is 9.78 Å². The van der Waals surface area contributed by atoms with E-state index >= 15 is 0 Å². The SMILES string of the molecule is Nc1c2c(nn1C1CCOC1)CCCC2. The molecule has 1 unspecified atom stereocenters. The fraction of sp³-hybridized carbons (Fsp3) is 0.727. The molecule has 0 spiro atoms. The second-order valence-corrected chi connectivity index (χ2v) is 4.48. The third-order valence-electron chi connectivity index (χ3n) is 3.47. The van der Waals surface area contributed by atoms with Crippen molar-refractivity contribution in [3.8, 4) is 0 Å². The lowest BCUT2D eigenvalue weighted by Crippen LogP contribution is -2.13. The van der Waals surface area contributed by atoms with E-state index in [1.165, 1.54) is 24.1 Å². The molecule has 3 rings (SSSR count). The maximum atomic E-state index is 6.15. The Labute approximate surface area is 89.4 Å². The van der Waals surface area contributed by atoms with Crippen LogP contribution in [0, 0.1) is 0 Å². The van der Waals surface area contributed by atoms with Crippen LogP contribution in [0.3, 0.4) is 0 Å². The molecule has 1 atom stereocenters. The quantitative estimate of drug-likeness (QED) is 0.755. The maximum absolute atomic E-state index is 6.15. The summed E-state index contributed by atoms with van der Waals surface area (Å²) in [4.78, 5) is 0. The van der Waals surface area contributed by atoms with Gasteiger partial charge < -0.3 is 10.5 Å². The lowest BCUT2D eigenvalue weighted by molar-refractivity contribution is 0.185. The molecule has 4 heteroatoms. The van der Waals surface area contributed by atoms with E-state index in [9.17, 15) is 0 Å². The van der Waals surface area contributed by atoms with Crippen LogP contribution in [-0.2, 0) is 17.6 Å². The number of nitrogen functional groups attached to an aromatic ring is 1. The van der Waals surface area contributed by atoms with E-state index in [0.29, 0.717) is 6.04 Å². The minimum absolute atomic E-state index is 0.371. The third kappa shape index (κ3) is 1.44. The molecule has 0 radical (unpaired) electrons. The number of aromatic nitrogens is 2. The van der Waals surface area contributed by atoms with E-state index in [4.69, 9.17) is 10.5 Å². The van der Waals surface area contributed by atoms with Gasteiger partial charge in [0.25, 0.3) is 0 Å². The first-order valence-corrected chi connectivity index (χ1v) is 5.80. The van der Waals surface area contributed by atoms with E-state index in [1.54, 1.807) is 0 Å². The number of nitrogens with two attached hydrogens (primary N) is 1.